The SMILES string of the molecule is O=C(N[C@H](Cc1ccccc1Cl)C(=O)O)c1ccc(F)cc1. The van der Waals surface area contributed by atoms with Crippen molar-refractivity contribution in [2.45, 2.75) is 12.5 Å². The third-order valence-corrected chi connectivity index (χ3v) is 3.46. The minimum absolute atomic E-state index is 0.0575. The van der Waals surface area contributed by atoms with Crippen LogP contribution in [0.1, 0.15) is 15.9 Å². The van der Waals surface area contributed by atoms with Gasteiger partial charge in [-0.25, -0.2) is 9.18 Å². The van der Waals surface area contributed by atoms with E-state index in [1.165, 1.54) is 12.1 Å². The molecule has 0 radical (unpaired) electrons. The van der Waals surface area contributed by atoms with Gasteiger partial charge in [-0.2, -0.15) is 0 Å². The van der Waals surface area contributed by atoms with Gasteiger partial charge in [-0.15, -0.1) is 0 Å². The van der Waals surface area contributed by atoms with Crippen molar-refractivity contribution in [3.63, 3.8) is 0 Å². The molecule has 0 aliphatic heterocycles. The summed E-state index contributed by atoms with van der Waals surface area (Å²) in [6.45, 7) is 0. The maximum absolute atomic E-state index is 12.8. The molecule has 1 amide bonds. The molecule has 2 rings (SSSR count). The second-order valence-corrected chi connectivity index (χ2v) is 5.07. The number of hydrogen-bond donors (Lipinski definition) is 2. The van der Waals surface area contributed by atoms with E-state index < -0.39 is 23.7 Å². The van der Waals surface area contributed by atoms with Gasteiger partial charge >= 0.3 is 5.97 Å². The quantitative estimate of drug-likeness (QED) is 0.890. The van der Waals surface area contributed by atoms with Crippen molar-refractivity contribution >= 4 is 23.5 Å². The number of rotatable bonds is 5. The molecule has 0 aliphatic carbocycles. The highest BCUT2D eigenvalue weighted by Crippen LogP contribution is 2.17. The van der Waals surface area contributed by atoms with Crippen LogP contribution >= 0.6 is 11.6 Å². The number of carbonyl (C=O) groups is 2. The van der Waals surface area contributed by atoms with Gasteiger partial charge in [0.05, 0.1) is 0 Å². The zero-order valence-corrected chi connectivity index (χ0v) is 12.2. The van der Waals surface area contributed by atoms with E-state index in [2.05, 4.69) is 5.32 Å². The summed E-state index contributed by atoms with van der Waals surface area (Å²) in [5, 5.41) is 12.1. The molecule has 6 heteroatoms. The van der Waals surface area contributed by atoms with Gasteiger partial charge in [0, 0.05) is 17.0 Å². The van der Waals surface area contributed by atoms with Crippen LogP contribution in [0.2, 0.25) is 5.02 Å². The molecular formula is C16H13ClFNO3. The number of aliphatic carboxylic acids is 1. The second-order valence-electron chi connectivity index (χ2n) is 4.67. The highest BCUT2D eigenvalue weighted by atomic mass is 35.5. The number of nitrogens with one attached hydrogen (secondary N) is 1. The summed E-state index contributed by atoms with van der Waals surface area (Å²) >= 11 is 6.00. The summed E-state index contributed by atoms with van der Waals surface area (Å²) in [6, 6.07) is 10.5. The van der Waals surface area contributed by atoms with Gasteiger partial charge in [-0.05, 0) is 35.9 Å². The van der Waals surface area contributed by atoms with Crippen molar-refractivity contribution in [2.75, 3.05) is 0 Å². The average Bonchev–Trinajstić information content (AvgIpc) is 2.49. The Labute approximate surface area is 131 Å². The molecule has 0 heterocycles. The molecule has 2 N–H and O–H groups in total. The monoisotopic (exact) mass is 321 g/mol. The molecule has 114 valence electrons. The van der Waals surface area contributed by atoms with Gasteiger partial charge < -0.3 is 10.4 Å². The van der Waals surface area contributed by atoms with Crippen molar-refractivity contribution in [3.8, 4) is 0 Å². The molecule has 0 unspecified atom stereocenters. The van der Waals surface area contributed by atoms with Crippen LogP contribution in [0.5, 0.6) is 0 Å². The third kappa shape index (κ3) is 4.05. The first kappa shape index (κ1) is 16.0. The fourth-order valence-corrected chi connectivity index (χ4v) is 2.14. The largest absolute Gasteiger partial charge is 0.480 e. The van der Waals surface area contributed by atoms with Crippen LogP contribution < -0.4 is 5.32 Å². The lowest BCUT2D eigenvalue weighted by atomic mass is 10.1. The summed E-state index contributed by atoms with van der Waals surface area (Å²) < 4.78 is 12.8. The van der Waals surface area contributed by atoms with E-state index in [0.29, 0.717) is 10.6 Å². The Hall–Kier alpha value is -2.40. The van der Waals surface area contributed by atoms with Gasteiger partial charge in [0.2, 0.25) is 0 Å². The molecule has 0 aliphatic rings. The Kier molecular flexibility index (Phi) is 5.12. The van der Waals surface area contributed by atoms with Crippen LogP contribution in [0.15, 0.2) is 48.5 Å². The Morgan fingerprint density at radius 2 is 1.77 bits per heavy atom. The molecule has 22 heavy (non-hydrogen) atoms. The van der Waals surface area contributed by atoms with Crippen LogP contribution in [-0.4, -0.2) is 23.0 Å². The number of amides is 1. The van der Waals surface area contributed by atoms with Crippen molar-refractivity contribution in [2.24, 2.45) is 0 Å². The fraction of sp³-hybridized carbons (Fsp3) is 0.125. The predicted molar refractivity (Wildman–Crippen MR) is 80.4 cm³/mol. The molecule has 0 aromatic heterocycles. The van der Waals surface area contributed by atoms with Crippen molar-refractivity contribution < 1.29 is 19.1 Å². The zero-order valence-electron chi connectivity index (χ0n) is 11.4. The number of hydrogen-bond acceptors (Lipinski definition) is 2. The summed E-state index contributed by atoms with van der Waals surface area (Å²) in [4.78, 5) is 23.3. The van der Waals surface area contributed by atoms with Crippen LogP contribution in [0, 0.1) is 5.82 Å². The fourth-order valence-electron chi connectivity index (χ4n) is 1.93. The number of carboxylic acids is 1. The number of halogens is 2. The molecule has 1 atom stereocenters. The van der Waals surface area contributed by atoms with Gasteiger partial charge in [-0.1, -0.05) is 29.8 Å². The summed E-state index contributed by atoms with van der Waals surface area (Å²) in [5.74, 6) is -2.22. The smallest absolute Gasteiger partial charge is 0.326 e. The lowest BCUT2D eigenvalue weighted by Gasteiger charge is -2.15. The van der Waals surface area contributed by atoms with Crippen LogP contribution in [0.4, 0.5) is 4.39 Å². The molecule has 0 bridgehead atoms. The van der Waals surface area contributed by atoms with E-state index >= 15 is 0 Å². The molecule has 0 fully saturated rings. The summed E-state index contributed by atoms with van der Waals surface area (Å²) in [7, 11) is 0. The lowest BCUT2D eigenvalue weighted by Crippen LogP contribution is -2.42. The van der Waals surface area contributed by atoms with Crippen LogP contribution in [-0.2, 0) is 11.2 Å². The maximum Gasteiger partial charge on any atom is 0.326 e. The topological polar surface area (TPSA) is 66.4 Å². The molecule has 4 nitrogen and oxygen atoms in total. The molecule has 2 aromatic rings. The second kappa shape index (κ2) is 7.04. The van der Waals surface area contributed by atoms with E-state index in [9.17, 15) is 19.1 Å². The zero-order chi connectivity index (χ0) is 16.1. The molecule has 2 aromatic carbocycles. The summed E-state index contributed by atoms with van der Waals surface area (Å²) in [5.41, 5.74) is 0.808. The molecular weight excluding hydrogens is 309 g/mol. The number of benzene rings is 2. The maximum atomic E-state index is 12.8. The minimum atomic E-state index is -1.17. The van der Waals surface area contributed by atoms with Crippen LogP contribution in [0.3, 0.4) is 0 Å². The lowest BCUT2D eigenvalue weighted by molar-refractivity contribution is -0.139. The van der Waals surface area contributed by atoms with E-state index in [0.717, 1.165) is 12.1 Å². The molecule has 0 saturated carbocycles. The van der Waals surface area contributed by atoms with Crippen molar-refractivity contribution in [1.29, 1.82) is 0 Å². The first-order chi connectivity index (χ1) is 10.5. The Morgan fingerprint density at radius 1 is 1.14 bits per heavy atom. The number of carbonyl (C=O) groups excluding carboxylic acids is 1. The first-order valence-electron chi connectivity index (χ1n) is 6.50. The first-order valence-corrected chi connectivity index (χ1v) is 6.88. The van der Waals surface area contributed by atoms with Crippen molar-refractivity contribution in [3.05, 3.63) is 70.5 Å². The normalized spacial score (nSPS) is 11.7. The predicted octanol–water partition coefficient (Wildman–Crippen LogP) is 2.90. The Bertz CT molecular complexity index is 688. The van der Waals surface area contributed by atoms with E-state index in [1.54, 1.807) is 24.3 Å². The Balaban J connectivity index is 2.12. The highest BCUT2D eigenvalue weighted by Gasteiger charge is 2.22. The van der Waals surface area contributed by atoms with E-state index in [1.807, 2.05) is 0 Å². The van der Waals surface area contributed by atoms with Gasteiger partial charge in [0.1, 0.15) is 11.9 Å². The average molecular weight is 322 g/mol. The van der Waals surface area contributed by atoms with Gasteiger partial charge in [0.15, 0.2) is 0 Å². The molecule has 0 spiro atoms. The van der Waals surface area contributed by atoms with E-state index in [-0.39, 0.29) is 12.0 Å². The van der Waals surface area contributed by atoms with Crippen LogP contribution in [0.25, 0.3) is 0 Å². The van der Waals surface area contributed by atoms with Gasteiger partial charge in [-0.3, -0.25) is 4.79 Å². The standard InChI is InChI=1S/C16H13ClFNO3/c17-13-4-2-1-3-11(13)9-14(16(21)22)19-15(20)10-5-7-12(18)8-6-10/h1-8,14H,9H2,(H,19,20)(H,21,22)/t14-/m1/s1. The van der Waals surface area contributed by atoms with E-state index in [4.69, 9.17) is 11.6 Å². The van der Waals surface area contributed by atoms with Gasteiger partial charge in [0.25, 0.3) is 5.91 Å². The molecule has 0 saturated heterocycles. The Morgan fingerprint density at radius 3 is 2.36 bits per heavy atom. The van der Waals surface area contributed by atoms with Crippen molar-refractivity contribution in [1.82, 2.24) is 5.32 Å². The highest BCUT2D eigenvalue weighted by molar-refractivity contribution is 6.31. The third-order valence-electron chi connectivity index (χ3n) is 3.09. The number of carboxylic acid groups (broad SMARTS) is 1. The summed E-state index contributed by atoms with van der Waals surface area (Å²) in [6.07, 6.45) is 0.0575. The minimum Gasteiger partial charge on any atom is -0.480 e.